The summed E-state index contributed by atoms with van der Waals surface area (Å²) >= 11 is 1.62. The molecule has 3 heterocycles. The van der Waals surface area contributed by atoms with Crippen LogP contribution in [0.5, 0.6) is 0 Å². The fourth-order valence-electron chi connectivity index (χ4n) is 3.03. The molecule has 1 unspecified atom stereocenters. The Morgan fingerprint density at radius 2 is 2.27 bits per heavy atom. The summed E-state index contributed by atoms with van der Waals surface area (Å²) in [7, 11) is 3.96. The van der Waals surface area contributed by atoms with Crippen molar-refractivity contribution in [1.29, 1.82) is 0 Å². The monoisotopic (exact) mass is 378 g/mol. The summed E-state index contributed by atoms with van der Waals surface area (Å²) in [4.78, 5) is 27.7. The van der Waals surface area contributed by atoms with Gasteiger partial charge in [0.1, 0.15) is 5.82 Å². The van der Waals surface area contributed by atoms with E-state index in [0.29, 0.717) is 26.1 Å². The summed E-state index contributed by atoms with van der Waals surface area (Å²) in [5.74, 6) is 0.817. The lowest BCUT2D eigenvalue weighted by atomic mass is 10.1. The number of nitrogens with one attached hydrogen (secondary N) is 2. The predicted molar refractivity (Wildman–Crippen MR) is 101 cm³/mol. The largest absolute Gasteiger partial charge is 0.345 e. The average molecular weight is 379 g/mol. The van der Waals surface area contributed by atoms with Gasteiger partial charge in [0, 0.05) is 30.4 Å². The zero-order chi connectivity index (χ0) is 18.5. The number of likely N-dealkylation sites (N-methyl/N-ethyl adjacent to an activating group) is 1. The van der Waals surface area contributed by atoms with E-state index in [1.807, 2.05) is 36.5 Å². The van der Waals surface area contributed by atoms with Crippen LogP contribution in [0.1, 0.15) is 23.5 Å². The van der Waals surface area contributed by atoms with Crippen LogP contribution in [0.2, 0.25) is 0 Å². The zero-order valence-corrected chi connectivity index (χ0v) is 16.1. The molecule has 2 amide bonds. The standard InChI is InChI=1S/C17H26N6O2S/c1-21(2)9-10-23-17(25)22-8-7-13(5-6-15(22)20-23)19-16(24)18-12-14-4-3-11-26-14/h3-4,11,13H,5-10,12H2,1-2H3,(H2,18,19,24). The molecule has 3 rings (SSSR count). The highest BCUT2D eigenvalue weighted by Crippen LogP contribution is 2.12. The zero-order valence-electron chi connectivity index (χ0n) is 15.3. The number of carbonyl (C=O) groups excluding carboxylic acids is 1. The number of carbonyl (C=O) groups is 1. The van der Waals surface area contributed by atoms with Crippen molar-refractivity contribution in [3.8, 4) is 0 Å². The minimum absolute atomic E-state index is 0.0506. The first-order chi connectivity index (χ1) is 12.5. The predicted octanol–water partition coefficient (Wildman–Crippen LogP) is 0.872. The summed E-state index contributed by atoms with van der Waals surface area (Å²) in [6, 6.07) is 3.86. The second kappa shape index (κ2) is 8.50. The summed E-state index contributed by atoms with van der Waals surface area (Å²) in [5, 5.41) is 12.4. The van der Waals surface area contributed by atoms with E-state index in [1.54, 1.807) is 20.6 Å². The van der Waals surface area contributed by atoms with Crippen LogP contribution >= 0.6 is 11.3 Å². The van der Waals surface area contributed by atoms with Crippen LogP contribution in [-0.2, 0) is 26.1 Å². The molecular formula is C17H26N6O2S. The van der Waals surface area contributed by atoms with E-state index in [0.717, 1.165) is 30.1 Å². The lowest BCUT2D eigenvalue weighted by Gasteiger charge is -2.16. The summed E-state index contributed by atoms with van der Waals surface area (Å²) in [6.07, 6.45) is 2.22. The van der Waals surface area contributed by atoms with E-state index in [2.05, 4.69) is 15.7 Å². The molecule has 1 aliphatic heterocycles. The number of rotatable bonds is 6. The lowest BCUT2D eigenvalue weighted by molar-refractivity contribution is 0.235. The van der Waals surface area contributed by atoms with Crippen molar-refractivity contribution in [3.63, 3.8) is 0 Å². The molecule has 1 atom stereocenters. The molecule has 142 valence electrons. The number of amides is 2. The smallest absolute Gasteiger partial charge is 0.335 e. The highest BCUT2D eigenvalue weighted by molar-refractivity contribution is 7.09. The maximum Gasteiger partial charge on any atom is 0.345 e. The van der Waals surface area contributed by atoms with Crippen LogP contribution in [-0.4, -0.2) is 52.0 Å². The van der Waals surface area contributed by atoms with Crippen LogP contribution in [0.4, 0.5) is 4.79 Å². The summed E-state index contributed by atoms with van der Waals surface area (Å²) in [6.45, 7) is 2.50. The normalized spacial score (nSPS) is 17.0. The molecule has 0 saturated heterocycles. The topological polar surface area (TPSA) is 84.2 Å². The Labute approximate surface area is 156 Å². The van der Waals surface area contributed by atoms with Crippen molar-refractivity contribution in [2.24, 2.45) is 0 Å². The highest BCUT2D eigenvalue weighted by atomic mass is 32.1. The number of thiophene rings is 1. The van der Waals surface area contributed by atoms with E-state index in [9.17, 15) is 9.59 Å². The molecule has 0 radical (unpaired) electrons. The second-order valence-corrected chi connectivity index (χ2v) is 7.84. The van der Waals surface area contributed by atoms with E-state index >= 15 is 0 Å². The van der Waals surface area contributed by atoms with Crippen molar-refractivity contribution in [3.05, 3.63) is 38.7 Å². The number of aryl methyl sites for hydroxylation is 1. The van der Waals surface area contributed by atoms with Crippen molar-refractivity contribution in [2.75, 3.05) is 20.6 Å². The Hall–Kier alpha value is -2.13. The second-order valence-electron chi connectivity index (χ2n) is 6.81. The van der Waals surface area contributed by atoms with Gasteiger partial charge in [0.05, 0.1) is 13.1 Å². The van der Waals surface area contributed by atoms with Crippen molar-refractivity contribution >= 4 is 17.4 Å². The van der Waals surface area contributed by atoms with Gasteiger partial charge in [-0.05, 0) is 38.4 Å². The minimum atomic E-state index is -0.161. The van der Waals surface area contributed by atoms with E-state index in [4.69, 9.17) is 0 Å². The first-order valence-corrected chi connectivity index (χ1v) is 9.79. The number of urea groups is 1. The van der Waals surface area contributed by atoms with Crippen LogP contribution < -0.4 is 16.3 Å². The van der Waals surface area contributed by atoms with Crippen molar-refractivity contribution in [1.82, 2.24) is 29.9 Å². The van der Waals surface area contributed by atoms with Gasteiger partial charge in [-0.3, -0.25) is 4.57 Å². The first-order valence-electron chi connectivity index (χ1n) is 8.91. The minimum Gasteiger partial charge on any atom is -0.335 e. The third-order valence-corrected chi connectivity index (χ3v) is 5.39. The molecule has 1 aliphatic rings. The Balaban J connectivity index is 1.52. The average Bonchev–Trinajstić information content (AvgIpc) is 3.17. The third kappa shape index (κ3) is 4.73. The van der Waals surface area contributed by atoms with Gasteiger partial charge < -0.3 is 15.5 Å². The van der Waals surface area contributed by atoms with Gasteiger partial charge in [-0.15, -0.1) is 11.3 Å². The van der Waals surface area contributed by atoms with Crippen LogP contribution in [0.3, 0.4) is 0 Å². The van der Waals surface area contributed by atoms with E-state index in [1.165, 1.54) is 0 Å². The van der Waals surface area contributed by atoms with Gasteiger partial charge in [-0.2, -0.15) is 5.10 Å². The van der Waals surface area contributed by atoms with Crippen LogP contribution in [0.15, 0.2) is 22.3 Å². The Bertz CT molecular complexity index is 780. The van der Waals surface area contributed by atoms with Crippen molar-refractivity contribution < 1.29 is 4.79 Å². The number of hydrogen-bond acceptors (Lipinski definition) is 5. The molecule has 0 aliphatic carbocycles. The molecule has 0 saturated carbocycles. The van der Waals surface area contributed by atoms with Gasteiger partial charge in [0.25, 0.3) is 0 Å². The number of nitrogens with zero attached hydrogens (tertiary/aromatic N) is 4. The van der Waals surface area contributed by atoms with Gasteiger partial charge in [-0.1, -0.05) is 6.07 Å². The molecule has 2 aromatic rings. The van der Waals surface area contributed by atoms with Crippen LogP contribution in [0, 0.1) is 0 Å². The Morgan fingerprint density at radius 3 is 3.00 bits per heavy atom. The van der Waals surface area contributed by atoms with Crippen LogP contribution in [0.25, 0.3) is 0 Å². The SMILES string of the molecule is CN(C)CCn1nc2n(c1=O)CCC(NC(=O)NCc1cccs1)CC2. The maximum atomic E-state index is 12.5. The molecule has 8 nitrogen and oxygen atoms in total. The first kappa shape index (κ1) is 18.7. The van der Waals surface area contributed by atoms with E-state index in [-0.39, 0.29) is 17.8 Å². The summed E-state index contributed by atoms with van der Waals surface area (Å²) in [5.41, 5.74) is -0.0513. The summed E-state index contributed by atoms with van der Waals surface area (Å²) < 4.78 is 3.30. The van der Waals surface area contributed by atoms with Gasteiger partial charge in [0.2, 0.25) is 0 Å². The number of aromatic nitrogens is 3. The molecule has 26 heavy (non-hydrogen) atoms. The van der Waals surface area contributed by atoms with E-state index < -0.39 is 0 Å². The highest BCUT2D eigenvalue weighted by Gasteiger charge is 2.22. The molecule has 2 aromatic heterocycles. The van der Waals surface area contributed by atoms with Gasteiger partial charge in [-0.25, -0.2) is 14.3 Å². The maximum absolute atomic E-state index is 12.5. The third-order valence-electron chi connectivity index (χ3n) is 4.51. The molecule has 0 aromatic carbocycles. The number of hydrogen-bond donors (Lipinski definition) is 2. The molecule has 2 N–H and O–H groups in total. The van der Waals surface area contributed by atoms with Crippen molar-refractivity contribution in [2.45, 2.75) is 44.9 Å². The van der Waals surface area contributed by atoms with Gasteiger partial charge in [0.15, 0.2) is 0 Å². The fraction of sp³-hybridized carbons (Fsp3) is 0.588. The quantitative estimate of drug-likeness (QED) is 0.781. The molecule has 0 bridgehead atoms. The lowest BCUT2D eigenvalue weighted by Crippen LogP contribution is -2.42. The molecule has 0 spiro atoms. The molecule has 9 heteroatoms. The Morgan fingerprint density at radius 1 is 1.42 bits per heavy atom. The Kier molecular flexibility index (Phi) is 6.10. The molecule has 0 fully saturated rings. The van der Waals surface area contributed by atoms with Gasteiger partial charge >= 0.3 is 11.7 Å². The fourth-order valence-corrected chi connectivity index (χ4v) is 3.67. The number of fused-ring (bicyclic) bond motifs is 1. The molecular weight excluding hydrogens is 352 g/mol.